The predicted octanol–water partition coefficient (Wildman–Crippen LogP) is 3.27. The van der Waals surface area contributed by atoms with E-state index in [0.717, 1.165) is 0 Å². The molecule has 6 nitrogen and oxygen atoms in total. The molecule has 2 rings (SSSR count). The highest BCUT2D eigenvalue weighted by molar-refractivity contribution is 6.18. The highest BCUT2D eigenvalue weighted by Crippen LogP contribution is 2.16. The van der Waals surface area contributed by atoms with Crippen molar-refractivity contribution in [2.24, 2.45) is 5.73 Å². The van der Waals surface area contributed by atoms with E-state index in [9.17, 15) is 14.0 Å². The van der Waals surface area contributed by atoms with Crippen LogP contribution in [0.15, 0.2) is 48.5 Å². The number of carbonyl (C=O) groups is 2. The van der Waals surface area contributed by atoms with Gasteiger partial charge in [-0.3, -0.25) is 4.79 Å². The number of hydrogen-bond donors (Lipinski definition) is 2. The molecule has 33 heavy (non-hydrogen) atoms. The van der Waals surface area contributed by atoms with Gasteiger partial charge in [-0.05, 0) is 48.7 Å². The van der Waals surface area contributed by atoms with E-state index in [-0.39, 0.29) is 31.5 Å². The van der Waals surface area contributed by atoms with Crippen LogP contribution in [0.25, 0.3) is 0 Å². The van der Waals surface area contributed by atoms with E-state index in [1.54, 1.807) is 24.0 Å². The molecule has 2 atom stereocenters. The van der Waals surface area contributed by atoms with Crippen molar-refractivity contribution in [3.05, 3.63) is 65.4 Å². The Kier molecular flexibility index (Phi) is 10.1. The van der Waals surface area contributed by atoms with Crippen molar-refractivity contribution < 1.29 is 21.5 Å². The zero-order valence-electron chi connectivity index (χ0n) is 20.5. The number of carbonyl (C=O) groups excluding carboxylic acids is 2. The van der Waals surface area contributed by atoms with Crippen LogP contribution in [0.5, 0.6) is 0 Å². The van der Waals surface area contributed by atoms with Gasteiger partial charge in [-0.25, -0.2) is 9.18 Å². The molecular formula is C24H30Cl2FN3O3. The standard InChI is InChI=1S/C24H30Cl2FN3O3/c1-2-33-24(32)22(16-18-3-7-19(27)8-4-18)29-23(31)21(28)15-17-5-9-20(10-6-17)30(13-11-25)14-12-26/h3-10,21-22H,2,11-16,28H2,1H3,(H,29,31)/i9D,10D. The van der Waals surface area contributed by atoms with Crippen molar-refractivity contribution in [2.45, 2.75) is 31.8 Å². The van der Waals surface area contributed by atoms with Gasteiger partial charge >= 0.3 is 5.97 Å². The molecule has 0 aromatic heterocycles. The lowest BCUT2D eigenvalue weighted by atomic mass is 10.0. The first kappa shape index (κ1) is 23.8. The van der Waals surface area contributed by atoms with Crippen LogP contribution < -0.4 is 16.0 Å². The third-order valence-corrected chi connectivity index (χ3v) is 5.18. The summed E-state index contributed by atoms with van der Waals surface area (Å²) in [4.78, 5) is 27.0. The molecule has 0 aliphatic rings. The molecule has 0 saturated carbocycles. The summed E-state index contributed by atoms with van der Waals surface area (Å²) in [5, 5.41) is 2.61. The predicted molar refractivity (Wildman–Crippen MR) is 130 cm³/mol. The fourth-order valence-electron chi connectivity index (χ4n) is 3.16. The van der Waals surface area contributed by atoms with Crippen molar-refractivity contribution in [3.63, 3.8) is 0 Å². The number of alkyl halides is 2. The van der Waals surface area contributed by atoms with Crippen molar-refractivity contribution >= 4 is 40.8 Å². The minimum absolute atomic E-state index is 0.0565. The van der Waals surface area contributed by atoms with Crippen molar-refractivity contribution in [1.82, 2.24) is 5.32 Å². The molecular weight excluding hydrogens is 468 g/mol. The van der Waals surface area contributed by atoms with Gasteiger partial charge in [0.05, 0.1) is 15.4 Å². The minimum atomic E-state index is -1.04. The average molecular weight is 500 g/mol. The summed E-state index contributed by atoms with van der Waals surface area (Å²) in [6.07, 6.45) is 0.165. The second-order valence-corrected chi connectivity index (χ2v) is 8.08. The van der Waals surface area contributed by atoms with Gasteiger partial charge in [0.25, 0.3) is 0 Å². The zero-order valence-corrected chi connectivity index (χ0v) is 20.0. The number of esters is 1. The highest BCUT2D eigenvalue weighted by atomic mass is 35.5. The first-order valence-electron chi connectivity index (χ1n) is 11.6. The highest BCUT2D eigenvalue weighted by Gasteiger charge is 2.25. The summed E-state index contributed by atoms with van der Waals surface area (Å²) in [7, 11) is 0. The molecule has 180 valence electrons. The van der Waals surface area contributed by atoms with Gasteiger partial charge in [0.1, 0.15) is 11.9 Å². The fraction of sp³-hybridized carbons (Fsp3) is 0.417. The third-order valence-electron chi connectivity index (χ3n) is 4.85. The van der Waals surface area contributed by atoms with Gasteiger partial charge in [-0.1, -0.05) is 24.3 Å². The Morgan fingerprint density at radius 2 is 1.67 bits per heavy atom. The van der Waals surface area contributed by atoms with Crippen LogP contribution in [-0.2, 0) is 27.2 Å². The average Bonchev–Trinajstić information content (AvgIpc) is 2.80. The molecule has 0 spiro atoms. The number of nitrogens with one attached hydrogen (secondary N) is 1. The molecule has 0 bridgehead atoms. The van der Waals surface area contributed by atoms with Crippen molar-refractivity contribution in [3.8, 4) is 0 Å². The molecule has 9 heteroatoms. The monoisotopic (exact) mass is 499 g/mol. The van der Waals surface area contributed by atoms with Gasteiger partial charge < -0.3 is 20.7 Å². The van der Waals surface area contributed by atoms with Crippen LogP contribution in [-0.4, -0.2) is 55.4 Å². The second-order valence-electron chi connectivity index (χ2n) is 7.32. The molecule has 0 radical (unpaired) electrons. The van der Waals surface area contributed by atoms with E-state index in [4.69, 9.17) is 36.4 Å². The number of rotatable bonds is 13. The van der Waals surface area contributed by atoms with E-state index >= 15 is 0 Å². The van der Waals surface area contributed by atoms with Crippen molar-refractivity contribution in [2.75, 3.05) is 36.4 Å². The Labute approximate surface area is 207 Å². The van der Waals surface area contributed by atoms with Gasteiger partial charge in [0, 0.05) is 37.0 Å². The normalized spacial score (nSPS) is 13.5. The lowest BCUT2D eigenvalue weighted by Crippen LogP contribution is -2.50. The summed E-state index contributed by atoms with van der Waals surface area (Å²) in [5.41, 5.74) is 7.69. The SMILES string of the molecule is [2H]c1cc(CC(N)C(=O)NC(Cc2ccc(F)cc2)C(=O)OCC)cc([2H])c1N(CCCl)CCCl. The molecule has 0 aliphatic heterocycles. The third kappa shape index (κ3) is 8.84. The van der Waals surface area contributed by atoms with Crippen LogP contribution in [0.3, 0.4) is 0 Å². The molecule has 0 heterocycles. The summed E-state index contributed by atoms with van der Waals surface area (Å²) >= 11 is 11.7. The minimum Gasteiger partial charge on any atom is -0.464 e. The van der Waals surface area contributed by atoms with E-state index < -0.39 is 29.8 Å². The summed E-state index contributed by atoms with van der Waals surface area (Å²) in [6.45, 7) is 2.67. The Morgan fingerprint density at radius 1 is 1.09 bits per heavy atom. The maximum absolute atomic E-state index is 13.2. The lowest BCUT2D eigenvalue weighted by molar-refractivity contribution is -0.147. The molecule has 3 N–H and O–H groups in total. The Balaban J connectivity index is 2.13. The number of halogens is 3. The first-order chi connectivity index (χ1) is 16.7. The zero-order chi connectivity index (χ0) is 26.0. The Hall–Kier alpha value is -2.35. The van der Waals surface area contributed by atoms with Crippen LogP contribution in [0.4, 0.5) is 10.1 Å². The van der Waals surface area contributed by atoms with Gasteiger partial charge in [0.2, 0.25) is 5.91 Å². The number of hydrogen-bond acceptors (Lipinski definition) is 5. The summed E-state index contributed by atoms with van der Waals surface area (Å²) in [5.74, 6) is -0.973. The number of anilines is 1. The molecule has 2 aromatic carbocycles. The maximum atomic E-state index is 13.2. The van der Waals surface area contributed by atoms with Crippen LogP contribution in [0, 0.1) is 5.82 Å². The van der Waals surface area contributed by atoms with Gasteiger partial charge in [-0.15, -0.1) is 23.2 Å². The van der Waals surface area contributed by atoms with Crippen LogP contribution >= 0.6 is 23.2 Å². The van der Waals surface area contributed by atoms with E-state index in [1.807, 2.05) is 0 Å². The molecule has 2 unspecified atom stereocenters. The van der Waals surface area contributed by atoms with Gasteiger partial charge in [-0.2, -0.15) is 0 Å². The summed E-state index contributed by atoms with van der Waals surface area (Å²) < 4.78 is 35.0. The van der Waals surface area contributed by atoms with Crippen LogP contribution in [0.2, 0.25) is 0 Å². The van der Waals surface area contributed by atoms with E-state index in [0.29, 0.717) is 41.7 Å². The second kappa shape index (κ2) is 14.0. The summed E-state index contributed by atoms with van der Waals surface area (Å²) in [6, 6.07) is 6.88. The van der Waals surface area contributed by atoms with Crippen molar-refractivity contribution in [1.29, 1.82) is 0 Å². The number of nitrogens with zero attached hydrogens (tertiary/aromatic N) is 1. The molecule has 1 amide bonds. The van der Waals surface area contributed by atoms with E-state index in [2.05, 4.69) is 5.32 Å². The van der Waals surface area contributed by atoms with Gasteiger partial charge in [0.15, 0.2) is 0 Å². The number of ether oxygens (including phenoxy) is 1. The fourth-order valence-corrected chi connectivity index (χ4v) is 3.57. The Bertz CT molecular complexity index is 969. The number of nitrogens with two attached hydrogens (primary N) is 1. The molecule has 0 saturated heterocycles. The lowest BCUT2D eigenvalue weighted by Gasteiger charge is -2.23. The topological polar surface area (TPSA) is 84.7 Å². The largest absolute Gasteiger partial charge is 0.464 e. The maximum Gasteiger partial charge on any atom is 0.328 e. The molecule has 2 aromatic rings. The number of benzene rings is 2. The first-order valence-corrected chi connectivity index (χ1v) is 11.7. The van der Waals surface area contributed by atoms with E-state index in [1.165, 1.54) is 24.3 Å². The van der Waals surface area contributed by atoms with Crippen LogP contribution in [0.1, 0.15) is 20.8 Å². The number of amides is 1. The smallest absolute Gasteiger partial charge is 0.328 e. The molecule has 0 fully saturated rings. The quantitative estimate of drug-likeness (QED) is 0.326. The Morgan fingerprint density at radius 3 is 2.21 bits per heavy atom. The molecule has 0 aliphatic carbocycles.